The zero-order chi connectivity index (χ0) is 18.7. The lowest BCUT2D eigenvalue weighted by atomic mass is 10.0. The summed E-state index contributed by atoms with van der Waals surface area (Å²) in [5.41, 5.74) is 1.21. The SMILES string of the molecule is COc1ccc([C@H]2CCCN2C(=O)c2ccc(C(=O)O)nc2)c(OC)c1. The Hall–Kier alpha value is -3.09. The van der Waals surface area contributed by atoms with Gasteiger partial charge in [-0.3, -0.25) is 4.79 Å². The maximum absolute atomic E-state index is 12.9. The summed E-state index contributed by atoms with van der Waals surface area (Å²) in [6.45, 7) is 0.624. The number of pyridine rings is 1. The maximum atomic E-state index is 12.9. The summed E-state index contributed by atoms with van der Waals surface area (Å²) in [5, 5.41) is 8.94. The molecule has 2 aromatic rings. The van der Waals surface area contributed by atoms with Crippen LogP contribution < -0.4 is 9.47 Å². The predicted octanol–water partition coefficient (Wildman–Crippen LogP) is 2.77. The molecule has 1 aliphatic rings. The second-order valence-corrected chi connectivity index (χ2v) is 6.00. The van der Waals surface area contributed by atoms with Crippen LogP contribution >= 0.6 is 0 Å². The molecule has 0 saturated carbocycles. The van der Waals surface area contributed by atoms with Crippen molar-refractivity contribution in [1.82, 2.24) is 9.88 Å². The third-order valence-electron chi connectivity index (χ3n) is 4.54. The summed E-state index contributed by atoms with van der Waals surface area (Å²) in [4.78, 5) is 29.4. The number of nitrogens with zero attached hydrogens (tertiary/aromatic N) is 2. The van der Waals surface area contributed by atoms with E-state index < -0.39 is 5.97 Å². The van der Waals surface area contributed by atoms with E-state index in [0.717, 1.165) is 18.4 Å². The van der Waals surface area contributed by atoms with Crippen LogP contribution in [0.4, 0.5) is 0 Å². The second kappa shape index (κ2) is 7.43. The van der Waals surface area contributed by atoms with Crippen LogP contribution in [0.1, 0.15) is 45.3 Å². The van der Waals surface area contributed by atoms with E-state index in [9.17, 15) is 9.59 Å². The number of carboxylic acids is 1. The van der Waals surface area contributed by atoms with Crippen molar-refractivity contribution in [2.75, 3.05) is 20.8 Å². The number of aromatic carboxylic acids is 1. The van der Waals surface area contributed by atoms with E-state index in [-0.39, 0.29) is 17.6 Å². The molecule has 136 valence electrons. The number of ether oxygens (including phenoxy) is 2. The molecule has 26 heavy (non-hydrogen) atoms. The molecule has 0 spiro atoms. The minimum Gasteiger partial charge on any atom is -0.497 e. The molecule has 1 aromatic carbocycles. The lowest BCUT2D eigenvalue weighted by Gasteiger charge is -2.26. The molecule has 1 amide bonds. The van der Waals surface area contributed by atoms with E-state index >= 15 is 0 Å². The molecule has 0 unspecified atom stereocenters. The zero-order valence-electron chi connectivity index (χ0n) is 14.6. The van der Waals surface area contributed by atoms with Crippen LogP contribution in [0.15, 0.2) is 36.5 Å². The van der Waals surface area contributed by atoms with Gasteiger partial charge in [0.05, 0.1) is 25.8 Å². The van der Waals surface area contributed by atoms with Gasteiger partial charge in [0, 0.05) is 24.4 Å². The Morgan fingerprint density at radius 2 is 2.00 bits per heavy atom. The number of aromatic nitrogens is 1. The molecular formula is C19H20N2O5. The van der Waals surface area contributed by atoms with Crippen LogP contribution in [0.3, 0.4) is 0 Å². The quantitative estimate of drug-likeness (QED) is 0.886. The van der Waals surface area contributed by atoms with Gasteiger partial charge in [-0.25, -0.2) is 9.78 Å². The van der Waals surface area contributed by atoms with Crippen LogP contribution in [0, 0.1) is 0 Å². The van der Waals surface area contributed by atoms with Crippen molar-refractivity contribution in [2.24, 2.45) is 0 Å². The maximum Gasteiger partial charge on any atom is 0.354 e. The van der Waals surface area contributed by atoms with E-state index in [1.807, 2.05) is 12.1 Å². The molecule has 7 heteroatoms. The van der Waals surface area contributed by atoms with Crippen molar-refractivity contribution < 1.29 is 24.2 Å². The number of carboxylic acid groups (broad SMARTS) is 1. The highest BCUT2D eigenvalue weighted by molar-refractivity contribution is 5.95. The first-order chi connectivity index (χ1) is 12.5. The normalized spacial score (nSPS) is 16.4. The number of benzene rings is 1. The molecule has 1 fully saturated rings. The van der Waals surface area contributed by atoms with Crippen molar-refractivity contribution in [3.8, 4) is 11.5 Å². The third kappa shape index (κ3) is 3.33. The van der Waals surface area contributed by atoms with Gasteiger partial charge in [0.25, 0.3) is 5.91 Å². The van der Waals surface area contributed by atoms with E-state index in [4.69, 9.17) is 14.6 Å². The number of methoxy groups -OCH3 is 2. The monoisotopic (exact) mass is 356 g/mol. The number of likely N-dealkylation sites (tertiary alicyclic amines) is 1. The summed E-state index contributed by atoms with van der Waals surface area (Å²) in [6.07, 6.45) is 3.02. The molecule has 7 nitrogen and oxygen atoms in total. The van der Waals surface area contributed by atoms with Gasteiger partial charge in [-0.15, -0.1) is 0 Å². The molecule has 1 N–H and O–H groups in total. The van der Waals surface area contributed by atoms with Gasteiger partial charge < -0.3 is 19.5 Å². The largest absolute Gasteiger partial charge is 0.497 e. The molecule has 0 radical (unpaired) electrons. The van der Waals surface area contributed by atoms with Gasteiger partial charge >= 0.3 is 5.97 Å². The highest BCUT2D eigenvalue weighted by Crippen LogP contribution is 2.39. The van der Waals surface area contributed by atoms with Crippen molar-refractivity contribution in [2.45, 2.75) is 18.9 Å². The molecule has 1 aromatic heterocycles. The minimum atomic E-state index is -1.12. The number of amides is 1. The molecule has 1 aliphatic heterocycles. The van der Waals surface area contributed by atoms with Crippen LogP contribution in [0.25, 0.3) is 0 Å². The van der Waals surface area contributed by atoms with E-state index in [1.165, 1.54) is 18.3 Å². The Bertz CT molecular complexity index is 819. The minimum absolute atomic E-state index is 0.0867. The second-order valence-electron chi connectivity index (χ2n) is 6.00. The van der Waals surface area contributed by atoms with Crippen LogP contribution in [0.2, 0.25) is 0 Å². The fraction of sp³-hybridized carbons (Fsp3) is 0.316. The number of carbonyl (C=O) groups excluding carboxylic acids is 1. The van der Waals surface area contributed by atoms with Crippen molar-refractivity contribution in [3.63, 3.8) is 0 Å². The number of rotatable bonds is 5. The first-order valence-corrected chi connectivity index (χ1v) is 8.27. The topological polar surface area (TPSA) is 89.0 Å². The van der Waals surface area contributed by atoms with Gasteiger partial charge in [-0.05, 0) is 37.1 Å². The Labute approximate surface area is 151 Å². The van der Waals surface area contributed by atoms with Gasteiger partial charge in [-0.1, -0.05) is 0 Å². The summed E-state index contributed by atoms with van der Waals surface area (Å²) in [7, 11) is 3.18. The van der Waals surface area contributed by atoms with Crippen LogP contribution in [0.5, 0.6) is 11.5 Å². The fourth-order valence-electron chi connectivity index (χ4n) is 3.24. The summed E-state index contributed by atoms with van der Waals surface area (Å²) in [5.74, 6) is 0.0733. The van der Waals surface area contributed by atoms with Crippen LogP contribution in [-0.2, 0) is 0 Å². The highest BCUT2D eigenvalue weighted by Gasteiger charge is 2.32. The average molecular weight is 356 g/mol. The molecule has 3 rings (SSSR count). The van der Waals surface area contributed by atoms with Crippen molar-refractivity contribution >= 4 is 11.9 Å². The fourth-order valence-corrected chi connectivity index (χ4v) is 3.24. The van der Waals surface area contributed by atoms with E-state index in [1.54, 1.807) is 25.2 Å². The summed E-state index contributed by atoms with van der Waals surface area (Å²) < 4.78 is 10.7. The van der Waals surface area contributed by atoms with Crippen LogP contribution in [-0.4, -0.2) is 47.6 Å². The number of hydrogen-bond donors (Lipinski definition) is 1. The Kier molecular flexibility index (Phi) is 5.06. The molecular weight excluding hydrogens is 336 g/mol. The van der Waals surface area contributed by atoms with E-state index in [0.29, 0.717) is 23.6 Å². The first-order valence-electron chi connectivity index (χ1n) is 8.27. The smallest absolute Gasteiger partial charge is 0.354 e. The van der Waals surface area contributed by atoms with Gasteiger partial charge in [0.15, 0.2) is 0 Å². The number of carbonyl (C=O) groups is 2. The molecule has 0 aliphatic carbocycles. The van der Waals surface area contributed by atoms with Gasteiger partial charge in [-0.2, -0.15) is 0 Å². The first kappa shape index (κ1) is 17.7. The Morgan fingerprint density at radius 1 is 1.19 bits per heavy atom. The molecule has 1 atom stereocenters. The van der Waals surface area contributed by atoms with E-state index in [2.05, 4.69) is 4.98 Å². The average Bonchev–Trinajstić information content (AvgIpc) is 3.16. The zero-order valence-corrected chi connectivity index (χ0v) is 14.6. The third-order valence-corrected chi connectivity index (χ3v) is 4.54. The molecule has 0 bridgehead atoms. The Balaban J connectivity index is 1.88. The molecule has 2 heterocycles. The summed E-state index contributed by atoms with van der Waals surface area (Å²) >= 11 is 0. The highest BCUT2D eigenvalue weighted by atomic mass is 16.5. The standard InChI is InChI=1S/C19H20N2O5/c1-25-13-6-7-14(17(10-13)26-2)16-4-3-9-21(16)18(22)12-5-8-15(19(23)24)20-11-12/h5-8,10-11,16H,3-4,9H2,1-2H3,(H,23,24)/t16-/m1/s1. The summed E-state index contributed by atoms with van der Waals surface area (Å²) in [6, 6.07) is 8.30. The Morgan fingerprint density at radius 3 is 2.62 bits per heavy atom. The lowest BCUT2D eigenvalue weighted by Crippen LogP contribution is -2.31. The van der Waals surface area contributed by atoms with Crippen molar-refractivity contribution in [3.05, 3.63) is 53.3 Å². The van der Waals surface area contributed by atoms with Gasteiger partial charge in [0.2, 0.25) is 0 Å². The predicted molar refractivity (Wildman–Crippen MR) is 93.8 cm³/mol. The van der Waals surface area contributed by atoms with Crippen molar-refractivity contribution in [1.29, 1.82) is 0 Å². The number of hydrogen-bond acceptors (Lipinski definition) is 5. The lowest BCUT2D eigenvalue weighted by molar-refractivity contribution is 0.0685. The van der Waals surface area contributed by atoms with Gasteiger partial charge in [0.1, 0.15) is 17.2 Å². The molecule has 1 saturated heterocycles.